The van der Waals surface area contributed by atoms with Crippen molar-refractivity contribution in [1.29, 1.82) is 0 Å². The standard InChI is InChI=1S/C20H28O4/c1-17-7-4-13-18(2)8-6-14(21)19(3,16(23)24)12(18)5-9-20(13,11-17)10-15(17)22/h12-13H,4-11H2,1-3H3,(H,23,24). The van der Waals surface area contributed by atoms with Gasteiger partial charge in [-0.25, -0.2) is 0 Å². The van der Waals surface area contributed by atoms with Gasteiger partial charge >= 0.3 is 5.97 Å². The summed E-state index contributed by atoms with van der Waals surface area (Å²) in [6.45, 7) is 6.01. The number of ketones is 2. The average Bonchev–Trinajstić information content (AvgIpc) is 2.68. The molecule has 1 spiro atoms. The third kappa shape index (κ3) is 1.68. The first-order chi connectivity index (χ1) is 11.1. The van der Waals surface area contributed by atoms with Crippen molar-refractivity contribution < 1.29 is 19.5 Å². The van der Waals surface area contributed by atoms with Crippen LogP contribution >= 0.6 is 0 Å². The molecule has 4 aliphatic rings. The lowest BCUT2D eigenvalue weighted by Crippen LogP contribution is -2.61. The molecule has 0 aromatic rings. The molecule has 0 saturated heterocycles. The molecule has 0 radical (unpaired) electrons. The molecular formula is C20H28O4. The Balaban J connectivity index is 1.78. The number of fused-ring (bicyclic) bond motifs is 3. The molecule has 0 aromatic heterocycles. The number of carboxylic acids is 1. The van der Waals surface area contributed by atoms with Gasteiger partial charge in [-0.2, -0.15) is 0 Å². The Kier molecular flexibility index (Phi) is 3.05. The molecule has 4 heteroatoms. The van der Waals surface area contributed by atoms with Crippen LogP contribution in [0.25, 0.3) is 0 Å². The summed E-state index contributed by atoms with van der Waals surface area (Å²) in [5, 5.41) is 9.86. The molecule has 0 aromatic carbocycles. The van der Waals surface area contributed by atoms with Crippen LogP contribution in [-0.4, -0.2) is 22.6 Å². The fourth-order valence-corrected chi connectivity index (χ4v) is 7.50. The second kappa shape index (κ2) is 4.50. The molecule has 24 heavy (non-hydrogen) atoms. The second-order valence-corrected chi connectivity index (χ2v) is 9.82. The van der Waals surface area contributed by atoms with Crippen LogP contribution < -0.4 is 0 Å². The highest BCUT2D eigenvalue weighted by Gasteiger charge is 2.69. The maximum absolute atomic E-state index is 12.6. The Hall–Kier alpha value is -1.19. The van der Waals surface area contributed by atoms with E-state index in [4.69, 9.17) is 0 Å². The number of rotatable bonds is 1. The largest absolute Gasteiger partial charge is 0.480 e. The Morgan fingerprint density at radius 1 is 1.00 bits per heavy atom. The molecule has 0 heterocycles. The Morgan fingerprint density at radius 3 is 2.33 bits per heavy atom. The van der Waals surface area contributed by atoms with E-state index in [1.165, 1.54) is 0 Å². The Bertz CT molecular complexity index is 654. The first kappa shape index (κ1) is 16.3. The molecule has 6 unspecified atom stereocenters. The fourth-order valence-electron chi connectivity index (χ4n) is 7.50. The van der Waals surface area contributed by atoms with Crippen LogP contribution in [0, 0.1) is 33.5 Å². The lowest BCUT2D eigenvalue weighted by atomic mass is 9.40. The van der Waals surface area contributed by atoms with Gasteiger partial charge in [-0.1, -0.05) is 13.8 Å². The van der Waals surface area contributed by atoms with Gasteiger partial charge in [0.1, 0.15) is 17.0 Å². The number of hydrogen-bond acceptors (Lipinski definition) is 3. The fraction of sp³-hybridized carbons (Fsp3) is 0.850. The van der Waals surface area contributed by atoms with Gasteiger partial charge in [-0.15, -0.1) is 0 Å². The average molecular weight is 332 g/mol. The van der Waals surface area contributed by atoms with Crippen molar-refractivity contribution in [1.82, 2.24) is 0 Å². The van der Waals surface area contributed by atoms with Gasteiger partial charge in [0, 0.05) is 18.3 Å². The summed E-state index contributed by atoms with van der Waals surface area (Å²) in [6, 6.07) is 0. The molecule has 4 rings (SSSR count). The molecule has 4 saturated carbocycles. The number of Topliss-reactive ketones (excluding diaryl/α,β-unsaturated/α-hetero) is 2. The molecule has 2 bridgehead atoms. The van der Waals surface area contributed by atoms with Gasteiger partial charge in [0.15, 0.2) is 0 Å². The summed E-state index contributed by atoms with van der Waals surface area (Å²) in [6.07, 6.45) is 6.43. The van der Waals surface area contributed by atoms with E-state index in [2.05, 4.69) is 13.8 Å². The summed E-state index contributed by atoms with van der Waals surface area (Å²) in [4.78, 5) is 37.2. The maximum Gasteiger partial charge on any atom is 0.317 e. The van der Waals surface area contributed by atoms with E-state index in [9.17, 15) is 19.5 Å². The van der Waals surface area contributed by atoms with E-state index in [0.29, 0.717) is 24.5 Å². The Morgan fingerprint density at radius 2 is 1.67 bits per heavy atom. The van der Waals surface area contributed by atoms with Crippen LogP contribution in [0.5, 0.6) is 0 Å². The van der Waals surface area contributed by atoms with Gasteiger partial charge in [-0.05, 0) is 68.1 Å². The number of carbonyl (C=O) groups excluding carboxylic acids is 2. The number of carboxylic acid groups (broad SMARTS) is 1. The molecule has 132 valence electrons. The normalized spacial score (nSPS) is 53.5. The minimum absolute atomic E-state index is 0.0646. The molecule has 4 nitrogen and oxygen atoms in total. The first-order valence-electron chi connectivity index (χ1n) is 9.39. The third-order valence-electron chi connectivity index (χ3n) is 8.79. The minimum Gasteiger partial charge on any atom is -0.480 e. The summed E-state index contributed by atoms with van der Waals surface area (Å²) in [5.74, 6) is -0.353. The monoisotopic (exact) mass is 332 g/mol. The molecule has 1 N–H and O–H groups in total. The van der Waals surface area contributed by atoms with Gasteiger partial charge in [0.2, 0.25) is 0 Å². The lowest BCUT2D eigenvalue weighted by Gasteiger charge is -2.63. The highest BCUT2D eigenvalue weighted by molar-refractivity contribution is 6.03. The van der Waals surface area contributed by atoms with Crippen LogP contribution in [-0.2, 0) is 14.4 Å². The molecular weight excluding hydrogens is 304 g/mol. The first-order valence-corrected chi connectivity index (χ1v) is 9.39. The van der Waals surface area contributed by atoms with Crippen molar-refractivity contribution in [3.63, 3.8) is 0 Å². The van der Waals surface area contributed by atoms with Gasteiger partial charge in [0.05, 0.1) is 0 Å². The maximum atomic E-state index is 12.6. The summed E-state index contributed by atoms with van der Waals surface area (Å²) < 4.78 is 0. The smallest absolute Gasteiger partial charge is 0.317 e. The van der Waals surface area contributed by atoms with E-state index in [-0.39, 0.29) is 27.9 Å². The molecule has 4 aliphatic carbocycles. The second-order valence-electron chi connectivity index (χ2n) is 9.82. The quantitative estimate of drug-likeness (QED) is 0.744. The highest BCUT2D eigenvalue weighted by atomic mass is 16.4. The van der Waals surface area contributed by atoms with Crippen molar-refractivity contribution >= 4 is 17.5 Å². The van der Waals surface area contributed by atoms with Crippen molar-refractivity contribution in [2.24, 2.45) is 33.5 Å². The Labute approximate surface area is 143 Å². The van der Waals surface area contributed by atoms with Crippen LogP contribution in [0.4, 0.5) is 0 Å². The molecule has 0 aliphatic heterocycles. The topological polar surface area (TPSA) is 71.4 Å². The van der Waals surface area contributed by atoms with Crippen LogP contribution in [0.2, 0.25) is 0 Å². The summed E-state index contributed by atoms with van der Waals surface area (Å²) in [7, 11) is 0. The zero-order valence-corrected chi connectivity index (χ0v) is 15.0. The third-order valence-corrected chi connectivity index (χ3v) is 8.79. The van der Waals surface area contributed by atoms with Crippen LogP contribution in [0.3, 0.4) is 0 Å². The van der Waals surface area contributed by atoms with Gasteiger partial charge in [-0.3, -0.25) is 14.4 Å². The van der Waals surface area contributed by atoms with Crippen molar-refractivity contribution in [2.75, 3.05) is 0 Å². The van der Waals surface area contributed by atoms with E-state index >= 15 is 0 Å². The highest BCUT2D eigenvalue weighted by Crippen LogP contribution is 2.72. The molecule has 6 atom stereocenters. The minimum atomic E-state index is -1.25. The van der Waals surface area contributed by atoms with E-state index in [1.807, 2.05) is 0 Å². The molecule has 4 fully saturated rings. The van der Waals surface area contributed by atoms with Crippen LogP contribution in [0.1, 0.15) is 72.1 Å². The van der Waals surface area contributed by atoms with Crippen LogP contribution in [0.15, 0.2) is 0 Å². The molecule has 0 amide bonds. The van der Waals surface area contributed by atoms with Gasteiger partial charge < -0.3 is 5.11 Å². The number of aliphatic carboxylic acids is 1. The van der Waals surface area contributed by atoms with E-state index < -0.39 is 11.4 Å². The zero-order valence-electron chi connectivity index (χ0n) is 15.0. The summed E-state index contributed by atoms with van der Waals surface area (Å²) >= 11 is 0. The van der Waals surface area contributed by atoms with Crippen molar-refractivity contribution in [3.8, 4) is 0 Å². The SMILES string of the molecule is CC12CCC3C(CCC4C(C)(C(=O)O)C(=O)CCC34C)(CC1=O)C2. The van der Waals surface area contributed by atoms with Crippen molar-refractivity contribution in [3.05, 3.63) is 0 Å². The number of carbonyl (C=O) groups is 3. The van der Waals surface area contributed by atoms with E-state index in [1.54, 1.807) is 6.92 Å². The summed E-state index contributed by atoms with van der Waals surface area (Å²) in [5.41, 5.74) is -1.47. The van der Waals surface area contributed by atoms with Crippen molar-refractivity contribution in [2.45, 2.75) is 72.1 Å². The van der Waals surface area contributed by atoms with Gasteiger partial charge in [0.25, 0.3) is 0 Å². The number of hydrogen-bond donors (Lipinski definition) is 1. The van der Waals surface area contributed by atoms with E-state index in [0.717, 1.165) is 38.5 Å². The lowest BCUT2D eigenvalue weighted by molar-refractivity contribution is -0.186. The predicted octanol–water partition coefficient (Wildman–Crippen LogP) is 3.62. The predicted molar refractivity (Wildman–Crippen MR) is 88.3 cm³/mol. The zero-order chi connectivity index (χ0) is 17.5.